The van der Waals surface area contributed by atoms with Gasteiger partial charge in [0.05, 0.1) is 0 Å². The molecule has 0 atom stereocenters. The number of amides is 1. The molecular formula is C17H20N2O2S. The van der Waals surface area contributed by atoms with Crippen molar-refractivity contribution in [3.05, 3.63) is 41.4 Å². The van der Waals surface area contributed by atoms with Gasteiger partial charge in [-0.25, -0.2) is 4.98 Å². The maximum absolute atomic E-state index is 11.9. The van der Waals surface area contributed by atoms with E-state index >= 15 is 0 Å². The van der Waals surface area contributed by atoms with E-state index in [0.717, 1.165) is 11.3 Å². The third kappa shape index (κ3) is 4.31. The van der Waals surface area contributed by atoms with Gasteiger partial charge in [-0.05, 0) is 36.5 Å². The number of rotatable bonds is 6. The number of nitrogens with one attached hydrogen (secondary N) is 1. The molecule has 1 fully saturated rings. The molecule has 5 heteroatoms. The second kappa shape index (κ2) is 7.40. The van der Waals surface area contributed by atoms with Crippen LogP contribution in [0.1, 0.15) is 37.7 Å². The van der Waals surface area contributed by atoms with E-state index in [1.165, 1.54) is 37.0 Å². The molecule has 1 aromatic heterocycles. The van der Waals surface area contributed by atoms with Crippen LogP contribution in [0.15, 0.2) is 35.8 Å². The summed E-state index contributed by atoms with van der Waals surface area (Å²) >= 11 is 1.46. The minimum Gasteiger partial charge on any atom is -0.431 e. The average molecular weight is 316 g/mol. The van der Waals surface area contributed by atoms with Gasteiger partial charge < -0.3 is 10.1 Å². The van der Waals surface area contributed by atoms with Crippen molar-refractivity contribution in [1.29, 1.82) is 0 Å². The molecule has 22 heavy (non-hydrogen) atoms. The fourth-order valence-corrected chi connectivity index (χ4v) is 3.29. The van der Waals surface area contributed by atoms with Crippen molar-refractivity contribution in [3.8, 4) is 10.9 Å². The van der Waals surface area contributed by atoms with Crippen molar-refractivity contribution < 1.29 is 9.53 Å². The number of carbonyl (C=O) groups is 1. The third-order valence-corrected chi connectivity index (χ3v) is 4.62. The smallest absolute Gasteiger partial charge is 0.278 e. The van der Waals surface area contributed by atoms with E-state index in [4.69, 9.17) is 4.74 Å². The van der Waals surface area contributed by atoms with Crippen LogP contribution >= 0.6 is 11.3 Å². The van der Waals surface area contributed by atoms with Crippen LogP contribution in [0.5, 0.6) is 10.9 Å². The number of hydrogen-bond donors (Lipinski definition) is 1. The first-order valence-corrected chi connectivity index (χ1v) is 8.60. The Labute approximate surface area is 134 Å². The van der Waals surface area contributed by atoms with Gasteiger partial charge in [0.25, 0.3) is 5.19 Å². The summed E-state index contributed by atoms with van der Waals surface area (Å²) in [5, 5.41) is 5.52. The second-order valence-corrected chi connectivity index (χ2v) is 6.53. The fraction of sp³-hybridized carbons (Fsp3) is 0.412. The van der Waals surface area contributed by atoms with E-state index in [2.05, 4.69) is 10.3 Å². The lowest BCUT2D eigenvalue weighted by atomic mass is 10.0. The molecule has 1 N–H and O–H groups in total. The van der Waals surface area contributed by atoms with E-state index in [-0.39, 0.29) is 5.91 Å². The van der Waals surface area contributed by atoms with Crippen LogP contribution in [0.25, 0.3) is 0 Å². The van der Waals surface area contributed by atoms with E-state index in [9.17, 15) is 4.79 Å². The molecule has 1 heterocycles. The maximum Gasteiger partial charge on any atom is 0.278 e. The molecule has 1 amide bonds. The zero-order chi connectivity index (χ0) is 15.2. The fourth-order valence-electron chi connectivity index (χ4n) is 2.79. The summed E-state index contributed by atoms with van der Waals surface area (Å²) in [4.78, 5) is 16.0. The number of thiazole rings is 1. The highest BCUT2D eigenvalue weighted by atomic mass is 32.1. The first kappa shape index (κ1) is 15.0. The molecule has 0 aliphatic heterocycles. The molecule has 0 bridgehead atoms. The molecule has 0 spiro atoms. The number of benzene rings is 1. The van der Waals surface area contributed by atoms with Gasteiger partial charge in [-0.3, -0.25) is 4.79 Å². The predicted octanol–water partition coefficient (Wildman–Crippen LogP) is 4.13. The molecule has 0 radical (unpaired) electrons. The molecule has 1 aliphatic carbocycles. The predicted molar refractivity (Wildman–Crippen MR) is 87.1 cm³/mol. The first-order valence-electron chi connectivity index (χ1n) is 7.72. The van der Waals surface area contributed by atoms with E-state index in [1.807, 2.05) is 29.6 Å². The van der Waals surface area contributed by atoms with Crippen molar-refractivity contribution in [2.24, 2.45) is 5.92 Å². The quantitative estimate of drug-likeness (QED) is 0.871. The molecule has 0 saturated heterocycles. The molecule has 1 aliphatic rings. The Balaban J connectivity index is 1.45. The number of ether oxygens (including phenoxy) is 1. The Bertz CT molecular complexity index is 590. The Kier molecular flexibility index (Phi) is 5.06. The zero-order valence-corrected chi connectivity index (χ0v) is 13.3. The molecule has 0 unspecified atom stereocenters. The molecule has 4 nitrogen and oxygen atoms in total. The Morgan fingerprint density at radius 1 is 1.27 bits per heavy atom. The lowest BCUT2D eigenvalue weighted by molar-refractivity contribution is -0.122. The minimum absolute atomic E-state index is 0.162. The van der Waals surface area contributed by atoms with Gasteiger partial charge in [0.15, 0.2) is 0 Å². The van der Waals surface area contributed by atoms with Gasteiger partial charge in [-0.2, -0.15) is 0 Å². The van der Waals surface area contributed by atoms with Crippen LogP contribution in [-0.4, -0.2) is 10.9 Å². The monoisotopic (exact) mass is 316 g/mol. The molecular weight excluding hydrogens is 296 g/mol. The average Bonchev–Trinajstić information content (AvgIpc) is 3.20. The van der Waals surface area contributed by atoms with E-state index < -0.39 is 0 Å². The second-order valence-electron chi connectivity index (χ2n) is 5.68. The largest absolute Gasteiger partial charge is 0.431 e. The summed E-state index contributed by atoms with van der Waals surface area (Å²) in [7, 11) is 0. The SMILES string of the molecule is O=C(CC1CCCC1)NCc1ccc(Oc2nccs2)cc1. The van der Waals surface area contributed by atoms with Crippen LogP contribution in [0.3, 0.4) is 0 Å². The van der Waals surface area contributed by atoms with Crippen LogP contribution in [0.4, 0.5) is 0 Å². The van der Waals surface area contributed by atoms with Crippen LogP contribution in [-0.2, 0) is 11.3 Å². The standard InChI is InChI=1S/C17H20N2O2S/c20-16(11-13-3-1-2-4-13)19-12-14-5-7-15(8-6-14)21-17-18-9-10-22-17/h5-10,13H,1-4,11-12H2,(H,19,20). The van der Waals surface area contributed by atoms with Gasteiger partial charge >= 0.3 is 0 Å². The van der Waals surface area contributed by atoms with E-state index in [1.54, 1.807) is 6.20 Å². The summed E-state index contributed by atoms with van der Waals surface area (Å²) in [5.74, 6) is 1.51. The van der Waals surface area contributed by atoms with Gasteiger partial charge in [-0.1, -0.05) is 36.3 Å². The summed E-state index contributed by atoms with van der Waals surface area (Å²) in [6.45, 7) is 0.573. The van der Waals surface area contributed by atoms with Crippen LogP contribution in [0.2, 0.25) is 0 Å². The minimum atomic E-state index is 0.162. The molecule has 1 saturated carbocycles. The number of aromatic nitrogens is 1. The van der Waals surface area contributed by atoms with Crippen LogP contribution in [0, 0.1) is 5.92 Å². The summed E-state index contributed by atoms with van der Waals surface area (Å²) < 4.78 is 5.61. The van der Waals surface area contributed by atoms with Gasteiger partial charge in [0.1, 0.15) is 5.75 Å². The Morgan fingerprint density at radius 2 is 2.05 bits per heavy atom. The van der Waals surface area contributed by atoms with Crippen molar-refractivity contribution >= 4 is 17.2 Å². The van der Waals surface area contributed by atoms with Gasteiger partial charge in [-0.15, -0.1) is 0 Å². The molecule has 116 valence electrons. The Morgan fingerprint density at radius 3 is 2.73 bits per heavy atom. The van der Waals surface area contributed by atoms with Crippen molar-refractivity contribution in [2.75, 3.05) is 0 Å². The lowest BCUT2D eigenvalue weighted by Crippen LogP contribution is -2.24. The first-order chi connectivity index (χ1) is 10.8. The summed E-state index contributed by atoms with van der Waals surface area (Å²) in [6, 6.07) is 7.75. The molecule has 2 aromatic rings. The highest BCUT2D eigenvalue weighted by Gasteiger charge is 2.18. The van der Waals surface area contributed by atoms with E-state index in [0.29, 0.717) is 24.1 Å². The lowest BCUT2D eigenvalue weighted by Gasteiger charge is -2.10. The Hall–Kier alpha value is -1.88. The number of hydrogen-bond acceptors (Lipinski definition) is 4. The van der Waals surface area contributed by atoms with Crippen molar-refractivity contribution in [3.63, 3.8) is 0 Å². The van der Waals surface area contributed by atoms with Gasteiger partial charge in [0.2, 0.25) is 5.91 Å². The van der Waals surface area contributed by atoms with Crippen molar-refractivity contribution in [1.82, 2.24) is 10.3 Å². The van der Waals surface area contributed by atoms with Crippen molar-refractivity contribution in [2.45, 2.75) is 38.6 Å². The normalized spacial score (nSPS) is 14.9. The summed E-state index contributed by atoms with van der Waals surface area (Å²) in [6.07, 6.45) is 7.35. The highest BCUT2D eigenvalue weighted by molar-refractivity contribution is 7.11. The molecule has 3 rings (SSSR count). The highest BCUT2D eigenvalue weighted by Crippen LogP contribution is 2.27. The number of carbonyl (C=O) groups excluding carboxylic acids is 1. The zero-order valence-electron chi connectivity index (χ0n) is 12.5. The topological polar surface area (TPSA) is 51.2 Å². The molecule has 1 aromatic carbocycles. The van der Waals surface area contributed by atoms with Gasteiger partial charge in [0, 0.05) is 24.5 Å². The third-order valence-electron chi connectivity index (χ3n) is 3.98. The van der Waals surface area contributed by atoms with Crippen LogP contribution < -0.4 is 10.1 Å². The number of nitrogens with zero attached hydrogens (tertiary/aromatic N) is 1. The maximum atomic E-state index is 11.9. The summed E-state index contributed by atoms with van der Waals surface area (Å²) in [5.41, 5.74) is 1.08.